The first-order valence-electron chi connectivity index (χ1n) is 8.93. The lowest BCUT2D eigenvalue weighted by Crippen LogP contribution is -2.37. The smallest absolute Gasteiger partial charge is 0.323 e. The number of carbonyl (C=O) groups is 1. The van der Waals surface area contributed by atoms with Crippen LogP contribution in [0.5, 0.6) is 0 Å². The monoisotopic (exact) mass is 330 g/mol. The van der Waals surface area contributed by atoms with Crippen molar-refractivity contribution >= 4 is 11.8 Å². The molecule has 0 radical (unpaired) electrons. The Balaban J connectivity index is 1.44. The highest BCUT2D eigenvalue weighted by atomic mass is 16.2. The maximum absolute atomic E-state index is 12.4. The van der Waals surface area contributed by atoms with Gasteiger partial charge in [-0.2, -0.15) is 10.4 Å². The second-order valence-corrected chi connectivity index (χ2v) is 6.76. The predicted molar refractivity (Wildman–Crippen MR) is 91.4 cm³/mol. The molecule has 2 aliphatic heterocycles. The van der Waals surface area contributed by atoms with Gasteiger partial charge < -0.3 is 9.80 Å². The SMILES string of the molecule is N#CCCn1ccc(NC(=O)N2CC[C@H](CN3CCCCC3)C2)n1. The summed E-state index contributed by atoms with van der Waals surface area (Å²) >= 11 is 0. The third-order valence-electron chi connectivity index (χ3n) is 4.87. The number of piperidine rings is 1. The summed E-state index contributed by atoms with van der Waals surface area (Å²) in [5, 5.41) is 15.7. The van der Waals surface area contributed by atoms with Crippen LogP contribution in [0.4, 0.5) is 10.6 Å². The van der Waals surface area contributed by atoms with E-state index in [1.807, 2.05) is 4.90 Å². The van der Waals surface area contributed by atoms with E-state index < -0.39 is 0 Å². The molecule has 130 valence electrons. The van der Waals surface area contributed by atoms with Gasteiger partial charge in [-0.25, -0.2) is 4.79 Å². The lowest BCUT2D eigenvalue weighted by Gasteiger charge is -2.28. The van der Waals surface area contributed by atoms with Gasteiger partial charge >= 0.3 is 6.03 Å². The topological polar surface area (TPSA) is 77.2 Å². The fourth-order valence-electron chi connectivity index (χ4n) is 3.58. The van der Waals surface area contributed by atoms with Gasteiger partial charge in [0.1, 0.15) is 0 Å². The van der Waals surface area contributed by atoms with Crippen molar-refractivity contribution in [3.8, 4) is 6.07 Å². The Morgan fingerprint density at radius 2 is 2.17 bits per heavy atom. The highest BCUT2D eigenvalue weighted by Crippen LogP contribution is 2.20. The quantitative estimate of drug-likeness (QED) is 0.897. The van der Waals surface area contributed by atoms with Gasteiger partial charge in [0.05, 0.1) is 19.0 Å². The summed E-state index contributed by atoms with van der Waals surface area (Å²) in [6, 6.07) is 3.80. The molecule has 1 N–H and O–H groups in total. The van der Waals surface area contributed by atoms with Crippen LogP contribution in [0.15, 0.2) is 12.3 Å². The molecule has 1 aromatic rings. The molecule has 0 aliphatic carbocycles. The number of hydrogen-bond acceptors (Lipinski definition) is 4. The largest absolute Gasteiger partial charge is 0.324 e. The molecule has 7 heteroatoms. The van der Waals surface area contributed by atoms with E-state index in [0.717, 1.165) is 26.1 Å². The number of nitrogens with zero attached hydrogens (tertiary/aromatic N) is 5. The molecule has 0 saturated carbocycles. The molecule has 3 heterocycles. The van der Waals surface area contributed by atoms with Gasteiger partial charge in [0.15, 0.2) is 5.82 Å². The lowest BCUT2D eigenvalue weighted by atomic mass is 10.1. The molecule has 1 aromatic heterocycles. The minimum atomic E-state index is -0.0679. The fraction of sp³-hybridized carbons (Fsp3) is 0.706. The molecular weight excluding hydrogens is 304 g/mol. The van der Waals surface area contributed by atoms with E-state index in [4.69, 9.17) is 5.26 Å². The molecule has 1 atom stereocenters. The number of aryl methyl sites for hydroxylation is 1. The summed E-state index contributed by atoms with van der Waals surface area (Å²) in [5.74, 6) is 1.14. The van der Waals surface area contributed by atoms with E-state index in [0.29, 0.717) is 24.7 Å². The normalized spacial score (nSPS) is 21.6. The Bertz CT molecular complexity index is 586. The minimum absolute atomic E-state index is 0.0679. The number of hydrogen-bond donors (Lipinski definition) is 1. The third kappa shape index (κ3) is 4.48. The zero-order valence-corrected chi connectivity index (χ0v) is 14.2. The van der Waals surface area contributed by atoms with Crippen molar-refractivity contribution < 1.29 is 4.79 Å². The summed E-state index contributed by atoms with van der Waals surface area (Å²) < 4.78 is 1.68. The van der Waals surface area contributed by atoms with E-state index in [2.05, 4.69) is 21.4 Å². The van der Waals surface area contributed by atoms with Crippen LogP contribution in [0.3, 0.4) is 0 Å². The first-order valence-corrected chi connectivity index (χ1v) is 8.93. The van der Waals surface area contributed by atoms with Crippen molar-refractivity contribution in [3.63, 3.8) is 0 Å². The van der Waals surface area contributed by atoms with Gasteiger partial charge in [-0.05, 0) is 38.3 Å². The van der Waals surface area contributed by atoms with Crippen molar-refractivity contribution in [2.75, 3.05) is 38.0 Å². The molecule has 7 nitrogen and oxygen atoms in total. The summed E-state index contributed by atoms with van der Waals surface area (Å²) in [6.07, 6.45) is 7.27. The third-order valence-corrected chi connectivity index (χ3v) is 4.87. The number of likely N-dealkylation sites (tertiary alicyclic amines) is 2. The number of amides is 2. The molecule has 0 aromatic carbocycles. The van der Waals surface area contributed by atoms with E-state index in [1.165, 1.54) is 32.4 Å². The second kappa shape index (κ2) is 8.15. The van der Waals surface area contributed by atoms with Gasteiger partial charge in [-0.3, -0.25) is 10.00 Å². The van der Waals surface area contributed by atoms with Gasteiger partial charge in [0.25, 0.3) is 0 Å². The minimum Gasteiger partial charge on any atom is -0.324 e. The zero-order chi connectivity index (χ0) is 16.8. The maximum atomic E-state index is 12.4. The zero-order valence-electron chi connectivity index (χ0n) is 14.2. The Morgan fingerprint density at radius 3 is 2.96 bits per heavy atom. The fourth-order valence-corrected chi connectivity index (χ4v) is 3.58. The maximum Gasteiger partial charge on any atom is 0.323 e. The van der Waals surface area contributed by atoms with Gasteiger partial charge in [-0.1, -0.05) is 6.42 Å². The lowest BCUT2D eigenvalue weighted by molar-refractivity contribution is 0.192. The number of anilines is 1. The first-order chi connectivity index (χ1) is 11.7. The Hall–Kier alpha value is -2.07. The van der Waals surface area contributed by atoms with Crippen LogP contribution < -0.4 is 5.32 Å². The van der Waals surface area contributed by atoms with Crippen LogP contribution in [-0.2, 0) is 6.54 Å². The van der Waals surface area contributed by atoms with E-state index >= 15 is 0 Å². The van der Waals surface area contributed by atoms with E-state index in [1.54, 1.807) is 16.9 Å². The standard InChI is InChI=1S/C17H26N6O/c18-7-4-10-23-12-6-16(20-23)19-17(24)22-11-5-15(14-22)13-21-8-2-1-3-9-21/h6,12,15H,1-5,8-11,13-14H2,(H,19,20,24)/t15-/m1/s1. The molecule has 2 fully saturated rings. The van der Waals surface area contributed by atoms with Crippen molar-refractivity contribution in [3.05, 3.63) is 12.3 Å². The average Bonchev–Trinajstić information content (AvgIpc) is 3.23. The van der Waals surface area contributed by atoms with E-state index in [9.17, 15) is 4.79 Å². The summed E-state index contributed by atoms with van der Waals surface area (Å²) in [4.78, 5) is 16.8. The molecule has 24 heavy (non-hydrogen) atoms. The number of rotatable bonds is 5. The molecule has 2 amide bonds. The number of nitriles is 1. The molecule has 3 rings (SSSR count). The molecule has 0 unspecified atom stereocenters. The van der Waals surface area contributed by atoms with Crippen molar-refractivity contribution in [2.45, 2.75) is 38.6 Å². The number of nitrogens with one attached hydrogen (secondary N) is 1. The van der Waals surface area contributed by atoms with Crippen LogP contribution >= 0.6 is 0 Å². The first kappa shape index (κ1) is 16.8. The van der Waals surface area contributed by atoms with Crippen molar-refractivity contribution in [1.29, 1.82) is 5.26 Å². The van der Waals surface area contributed by atoms with Gasteiger partial charge in [0, 0.05) is 31.9 Å². The molecule has 0 bridgehead atoms. The van der Waals surface area contributed by atoms with Gasteiger partial charge in [0.2, 0.25) is 0 Å². The van der Waals surface area contributed by atoms with Crippen LogP contribution in [0, 0.1) is 17.2 Å². The van der Waals surface area contributed by atoms with Crippen LogP contribution in [0.1, 0.15) is 32.1 Å². The molecule has 0 spiro atoms. The highest BCUT2D eigenvalue weighted by molar-refractivity contribution is 5.88. The molecule has 2 aliphatic rings. The van der Waals surface area contributed by atoms with Crippen molar-refractivity contribution in [1.82, 2.24) is 19.6 Å². The second-order valence-electron chi connectivity index (χ2n) is 6.76. The Labute approximate surface area is 143 Å². The average molecular weight is 330 g/mol. The Kier molecular flexibility index (Phi) is 5.70. The van der Waals surface area contributed by atoms with Crippen LogP contribution in [-0.4, -0.2) is 58.3 Å². The molecule has 2 saturated heterocycles. The van der Waals surface area contributed by atoms with Gasteiger partial charge in [-0.15, -0.1) is 0 Å². The predicted octanol–water partition coefficient (Wildman–Crippen LogP) is 2.14. The van der Waals surface area contributed by atoms with Crippen LogP contribution in [0.2, 0.25) is 0 Å². The van der Waals surface area contributed by atoms with Crippen LogP contribution in [0.25, 0.3) is 0 Å². The van der Waals surface area contributed by atoms with E-state index in [-0.39, 0.29) is 6.03 Å². The summed E-state index contributed by atoms with van der Waals surface area (Å²) in [6.45, 7) is 5.74. The Morgan fingerprint density at radius 1 is 1.33 bits per heavy atom. The number of carbonyl (C=O) groups excluding carboxylic acids is 1. The number of urea groups is 1. The number of aromatic nitrogens is 2. The summed E-state index contributed by atoms with van der Waals surface area (Å²) in [7, 11) is 0. The van der Waals surface area contributed by atoms with Crippen molar-refractivity contribution in [2.24, 2.45) is 5.92 Å². The summed E-state index contributed by atoms with van der Waals surface area (Å²) in [5.41, 5.74) is 0. The molecular formula is C17H26N6O. The highest BCUT2D eigenvalue weighted by Gasteiger charge is 2.28.